The minimum absolute atomic E-state index is 0.0160. The molecule has 0 bridgehead atoms. The van der Waals surface area contributed by atoms with E-state index in [9.17, 15) is 0 Å². The average molecular weight is 346 g/mol. The maximum Gasteiger partial charge on any atom is 0.0347 e. The van der Waals surface area contributed by atoms with Crippen LogP contribution in [-0.2, 0) is 6.42 Å². The van der Waals surface area contributed by atoms with Gasteiger partial charge < -0.3 is 5.73 Å². The molecule has 0 spiro atoms. The molecule has 102 valence electrons. The molecule has 1 atom stereocenters. The highest BCUT2D eigenvalue weighted by molar-refractivity contribution is 9.10. The quantitative estimate of drug-likeness (QED) is 0.692. The van der Waals surface area contributed by atoms with Gasteiger partial charge in [-0.05, 0) is 47.4 Å². The molecule has 3 aromatic rings. The van der Waals surface area contributed by atoms with Gasteiger partial charge in [0.1, 0.15) is 0 Å². The normalized spacial score (nSPS) is 12.8. The average Bonchev–Trinajstić information content (AvgIpc) is 2.85. The second-order valence-electron chi connectivity index (χ2n) is 5.09. The predicted molar refractivity (Wildman–Crippen MR) is 91.3 cm³/mol. The molecule has 2 aromatic carbocycles. The molecule has 1 heterocycles. The molecule has 0 radical (unpaired) electrons. The highest BCUT2D eigenvalue weighted by atomic mass is 79.9. The van der Waals surface area contributed by atoms with Crippen LogP contribution in [0.25, 0.3) is 10.1 Å². The molecule has 0 amide bonds. The van der Waals surface area contributed by atoms with Gasteiger partial charge in [-0.25, -0.2) is 0 Å². The Kier molecular flexibility index (Phi) is 3.92. The summed E-state index contributed by atoms with van der Waals surface area (Å²) in [6, 6.07) is 14.9. The van der Waals surface area contributed by atoms with Crippen molar-refractivity contribution in [2.24, 2.45) is 5.73 Å². The molecule has 1 unspecified atom stereocenters. The van der Waals surface area contributed by atoms with Gasteiger partial charge in [0.05, 0.1) is 0 Å². The van der Waals surface area contributed by atoms with Gasteiger partial charge in [-0.2, -0.15) is 0 Å². The van der Waals surface area contributed by atoms with Crippen LogP contribution in [0.15, 0.2) is 52.3 Å². The highest BCUT2D eigenvalue weighted by Gasteiger charge is 2.13. The number of rotatable bonds is 3. The van der Waals surface area contributed by atoms with E-state index in [2.05, 4.69) is 70.7 Å². The molecule has 20 heavy (non-hydrogen) atoms. The lowest BCUT2D eigenvalue weighted by Gasteiger charge is -2.14. The number of benzene rings is 2. The molecule has 1 nitrogen and oxygen atoms in total. The van der Waals surface area contributed by atoms with Gasteiger partial charge in [0, 0.05) is 15.2 Å². The Labute approximate surface area is 131 Å². The second kappa shape index (κ2) is 5.68. The van der Waals surface area contributed by atoms with Crippen molar-refractivity contribution in [1.29, 1.82) is 0 Å². The molecule has 3 heteroatoms. The number of hydrogen-bond acceptors (Lipinski definition) is 2. The Hall–Kier alpha value is -1.16. The molecule has 0 aliphatic heterocycles. The van der Waals surface area contributed by atoms with E-state index in [1.807, 2.05) is 0 Å². The largest absolute Gasteiger partial charge is 0.324 e. The van der Waals surface area contributed by atoms with Gasteiger partial charge in [0.2, 0.25) is 0 Å². The third-order valence-electron chi connectivity index (χ3n) is 3.55. The molecular weight excluding hydrogens is 330 g/mol. The van der Waals surface area contributed by atoms with Crippen molar-refractivity contribution in [1.82, 2.24) is 0 Å². The number of aryl methyl sites for hydroxylation is 1. The summed E-state index contributed by atoms with van der Waals surface area (Å²) < 4.78 is 2.42. The Morgan fingerprint density at radius 1 is 1.20 bits per heavy atom. The van der Waals surface area contributed by atoms with E-state index in [1.54, 1.807) is 11.3 Å². The first-order valence-electron chi connectivity index (χ1n) is 6.62. The fourth-order valence-electron chi connectivity index (χ4n) is 2.49. The van der Waals surface area contributed by atoms with Crippen molar-refractivity contribution < 1.29 is 0 Å². The van der Waals surface area contributed by atoms with Crippen LogP contribution >= 0.6 is 27.3 Å². The van der Waals surface area contributed by atoms with Gasteiger partial charge in [-0.3, -0.25) is 0 Å². The van der Waals surface area contributed by atoms with Gasteiger partial charge in [0.25, 0.3) is 0 Å². The van der Waals surface area contributed by atoms with Crippen LogP contribution in [0, 0.1) is 6.92 Å². The van der Waals surface area contributed by atoms with E-state index >= 15 is 0 Å². The van der Waals surface area contributed by atoms with Crippen molar-refractivity contribution in [2.75, 3.05) is 0 Å². The topological polar surface area (TPSA) is 26.0 Å². The molecule has 3 rings (SSSR count). The maximum atomic E-state index is 6.42. The van der Waals surface area contributed by atoms with E-state index in [0.29, 0.717) is 0 Å². The molecule has 2 N–H and O–H groups in total. The summed E-state index contributed by atoms with van der Waals surface area (Å²) in [4.78, 5) is 0. The zero-order valence-corrected chi connectivity index (χ0v) is 13.7. The Balaban J connectivity index is 1.92. The number of thiophene rings is 1. The van der Waals surface area contributed by atoms with Crippen LogP contribution in [0.5, 0.6) is 0 Å². The van der Waals surface area contributed by atoms with E-state index in [4.69, 9.17) is 5.73 Å². The smallest absolute Gasteiger partial charge is 0.0347 e. The first-order valence-corrected chi connectivity index (χ1v) is 8.29. The van der Waals surface area contributed by atoms with Crippen molar-refractivity contribution in [2.45, 2.75) is 19.4 Å². The standard InChI is InChI=1S/C17H16BrNS/c1-11-6-7-15(18)14(8-11)16(19)9-12-10-20-17-5-3-2-4-13(12)17/h2-8,10,16H,9,19H2,1H3. The van der Waals surface area contributed by atoms with Gasteiger partial charge in [-0.15, -0.1) is 11.3 Å². The van der Waals surface area contributed by atoms with Gasteiger partial charge in [-0.1, -0.05) is 51.8 Å². The highest BCUT2D eigenvalue weighted by Crippen LogP contribution is 2.31. The first-order chi connectivity index (χ1) is 9.65. The molecule has 0 fully saturated rings. The molecule has 1 aromatic heterocycles. The summed E-state index contributed by atoms with van der Waals surface area (Å²) in [6.07, 6.45) is 0.867. The summed E-state index contributed by atoms with van der Waals surface area (Å²) in [5, 5.41) is 3.56. The third kappa shape index (κ3) is 2.66. The van der Waals surface area contributed by atoms with Crippen molar-refractivity contribution in [3.8, 4) is 0 Å². The van der Waals surface area contributed by atoms with Crippen LogP contribution in [0.1, 0.15) is 22.7 Å². The van der Waals surface area contributed by atoms with E-state index in [-0.39, 0.29) is 6.04 Å². The van der Waals surface area contributed by atoms with Crippen LogP contribution in [0.2, 0.25) is 0 Å². The van der Waals surface area contributed by atoms with Crippen molar-refractivity contribution in [3.63, 3.8) is 0 Å². The van der Waals surface area contributed by atoms with E-state index in [0.717, 1.165) is 10.9 Å². The zero-order chi connectivity index (χ0) is 14.1. The minimum Gasteiger partial charge on any atom is -0.324 e. The van der Waals surface area contributed by atoms with E-state index < -0.39 is 0 Å². The van der Waals surface area contributed by atoms with Crippen LogP contribution in [0.4, 0.5) is 0 Å². The van der Waals surface area contributed by atoms with Gasteiger partial charge >= 0.3 is 0 Å². The fraction of sp³-hybridized carbons (Fsp3) is 0.176. The zero-order valence-electron chi connectivity index (χ0n) is 11.3. The summed E-state index contributed by atoms with van der Waals surface area (Å²) in [6.45, 7) is 2.10. The number of halogens is 1. The van der Waals surface area contributed by atoms with Crippen molar-refractivity contribution >= 4 is 37.4 Å². The lowest BCUT2D eigenvalue weighted by Crippen LogP contribution is -2.14. The summed E-state index contributed by atoms with van der Waals surface area (Å²) in [5.41, 5.74) is 10.2. The lowest BCUT2D eigenvalue weighted by molar-refractivity contribution is 0.722. The van der Waals surface area contributed by atoms with Crippen LogP contribution in [-0.4, -0.2) is 0 Å². The monoisotopic (exact) mass is 345 g/mol. The molecule has 0 saturated heterocycles. The number of nitrogens with two attached hydrogens (primary N) is 1. The second-order valence-corrected chi connectivity index (χ2v) is 6.86. The lowest BCUT2D eigenvalue weighted by atomic mass is 9.98. The van der Waals surface area contributed by atoms with Gasteiger partial charge in [0.15, 0.2) is 0 Å². The Morgan fingerprint density at radius 2 is 2.00 bits per heavy atom. The first kappa shape index (κ1) is 13.8. The molecule has 0 saturated carbocycles. The number of fused-ring (bicyclic) bond motifs is 1. The third-order valence-corrected chi connectivity index (χ3v) is 5.29. The summed E-state index contributed by atoms with van der Waals surface area (Å²) >= 11 is 5.40. The molecular formula is C17H16BrNS. The Bertz CT molecular complexity index is 748. The maximum absolute atomic E-state index is 6.42. The van der Waals surface area contributed by atoms with Crippen LogP contribution in [0.3, 0.4) is 0 Å². The molecule has 0 aliphatic carbocycles. The summed E-state index contributed by atoms with van der Waals surface area (Å²) in [7, 11) is 0. The summed E-state index contributed by atoms with van der Waals surface area (Å²) in [5.74, 6) is 0. The Morgan fingerprint density at radius 3 is 2.85 bits per heavy atom. The number of hydrogen-bond donors (Lipinski definition) is 1. The van der Waals surface area contributed by atoms with Crippen molar-refractivity contribution in [3.05, 3.63) is 69.0 Å². The fourth-order valence-corrected chi connectivity index (χ4v) is 4.00. The SMILES string of the molecule is Cc1ccc(Br)c(C(N)Cc2csc3ccccc23)c1. The van der Waals surface area contributed by atoms with Crippen LogP contribution < -0.4 is 5.73 Å². The minimum atomic E-state index is 0.0160. The predicted octanol–water partition coefficient (Wildman–Crippen LogP) is 5.21. The molecule has 0 aliphatic rings. The van der Waals surface area contributed by atoms with E-state index in [1.165, 1.54) is 26.8 Å².